The molecule has 2 rings (SSSR count). The molecule has 1 fully saturated rings. The fraction of sp³-hybridized carbons (Fsp3) is 0.529. The van der Waals surface area contributed by atoms with Gasteiger partial charge in [0.25, 0.3) is 0 Å². The van der Waals surface area contributed by atoms with Gasteiger partial charge < -0.3 is 15.0 Å². The lowest BCUT2D eigenvalue weighted by atomic mass is 10.1. The average molecular weight is 358 g/mol. The zero-order valence-electron chi connectivity index (χ0n) is 14.3. The van der Waals surface area contributed by atoms with Crippen molar-refractivity contribution in [2.24, 2.45) is 0 Å². The van der Waals surface area contributed by atoms with Crippen molar-refractivity contribution in [2.75, 3.05) is 6.54 Å². The van der Waals surface area contributed by atoms with E-state index in [2.05, 4.69) is 5.32 Å². The number of carbonyl (C=O) groups is 2. The Morgan fingerprint density at radius 1 is 1.28 bits per heavy atom. The molecule has 1 atom stereocenters. The summed E-state index contributed by atoms with van der Waals surface area (Å²) in [6.45, 7) is 5.21. The van der Waals surface area contributed by atoms with Crippen molar-refractivity contribution in [1.82, 2.24) is 10.2 Å². The van der Waals surface area contributed by atoms with Crippen LogP contribution in [0.5, 0.6) is 0 Å². The number of amides is 2. The molecule has 0 unspecified atom stereocenters. The Labute approximate surface area is 144 Å². The molecule has 0 radical (unpaired) electrons. The number of likely N-dealkylation sites (tertiary alicyclic amines) is 1. The summed E-state index contributed by atoms with van der Waals surface area (Å²) < 4.78 is 44.2. The van der Waals surface area contributed by atoms with Crippen LogP contribution in [0.2, 0.25) is 0 Å². The van der Waals surface area contributed by atoms with Crippen molar-refractivity contribution in [3.05, 3.63) is 35.4 Å². The number of ether oxygens (including phenoxy) is 1. The van der Waals surface area contributed by atoms with E-state index in [4.69, 9.17) is 4.74 Å². The van der Waals surface area contributed by atoms with Crippen molar-refractivity contribution in [1.29, 1.82) is 0 Å². The van der Waals surface area contributed by atoms with Crippen molar-refractivity contribution < 1.29 is 27.5 Å². The van der Waals surface area contributed by atoms with E-state index in [0.29, 0.717) is 6.42 Å². The lowest BCUT2D eigenvalue weighted by Crippen LogP contribution is -2.43. The fourth-order valence-electron chi connectivity index (χ4n) is 2.62. The predicted octanol–water partition coefficient (Wildman–Crippen LogP) is 3.33. The molecule has 0 bridgehead atoms. The Kier molecular flexibility index (Phi) is 5.29. The summed E-state index contributed by atoms with van der Waals surface area (Å²) in [4.78, 5) is 25.4. The van der Waals surface area contributed by atoms with E-state index in [-0.39, 0.29) is 18.7 Å². The number of carbonyl (C=O) groups excluding carboxylic acids is 2. The van der Waals surface area contributed by atoms with Crippen LogP contribution in [-0.2, 0) is 22.3 Å². The highest BCUT2D eigenvalue weighted by atomic mass is 19.4. The third kappa shape index (κ3) is 5.11. The zero-order chi connectivity index (χ0) is 18.8. The predicted molar refractivity (Wildman–Crippen MR) is 84.6 cm³/mol. The Morgan fingerprint density at radius 2 is 1.92 bits per heavy atom. The SMILES string of the molecule is CC(C)(C)OC(=O)N[C@H]1CCN(Cc2ccccc2C(F)(F)F)C1=O. The first-order chi connectivity index (χ1) is 11.5. The van der Waals surface area contributed by atoms with Gasteiger partial charge in [-0.05, 0) is 38.8 Å². The van der Waals surface area contributed by atoms with Gasteiger partial charge in [-0.15, -0.1) is 0 Å². The molecule has 1 aromatic rings. The van der Waals surface area contributed by atoms with Crippen LogP contribution in [-0.4, -0.2) is 35.1 Å². The maximum Gasteiger partial charge on any atom is 0.416 e. The molecule has 5 nitrogen and oxygen atoms in total. The highest BCUT2D eigenvalue weighted by molar-refractivity contribution is 5.87. The average Bonchev–Trinajstić information content (AvgIpc) is 2.78. The smallest absolute Gasteiger partial charge is 0.416 e. The number of rotatable bonds is 3. The molecule has 0 aromatic heterocycles. The van der Waals surface area contributed by atoms with E-state index in [1.807, 2.05) is 0 Å². The summed E-state index contributed by atoms with van der Waals surface area (Å²) >= 11 is 0. The quantitative estimate of drug-likeness (QED) is 0.902. The highest BCUT2D eigenvalue weighted by Crippen LogP contribution is 2.32. The maximum absolute atomic E-state index is 13.0. The zero-order valence-corrected chi connectivity index (χ0v) is 14.3. The van der Waals surface area contributed by atoms with Crippen molar-refractivity contribution >= 4 is 12.0 Å². The first-order valence-corrected chi connectivity index (χ1v) is 7.91. The summed E-state index contributed by atoms with van der Waals surface area (Å²) in [7, 11) is 0. The van der Waals surface area contributed by atoms with Gasteiger partial charge in [0.1, 0.15) is 11.6 Å². The molecule has 1 aliphatic rings. The molecule has 1 aliphatic heterocycles. The third-order valence-corrected chi connectivity index (χ3v) is 3.67. The summed E-state index contributed by atoms with van der Waals surface area (Å²) in [5.41, 5.74) is -1.43. The number of alkyl carbamates (subject to hydrolysis) is 1. The number of hydrogen-bond acceptors (Lipinski definition) is 3. The molecule has 0 spiro atoms. The van der Waals surface area contributed by atoms with Crippen LogP contribution in [0.4, 0.5) is 18.0 Å². The van der Waals surface area contributed by atoms with Crippen LogP contribution in [0, 0.1) is 0 Å². The van der Waals surface area contributed by atoms with Crippen LogP contribution in [0.1, 0.15) is 38.3 Å². The molecule has 25 heavy (non-hydrogen) atoms. The largest absolute Gasteiger partial charge is 0.444 e. The fourth-order valence-corrected chi connectivity index (χ4v) is 2.62. The van der Waals surface area contributed by atoms with Crippen molar-refractivity contribution in [2.45, 2.75) is 51.6 Å². The second kappa shape index (κ2) is 6.93. The van der Waals surface area contributed by atoms with Crippen LogP contribution in [0.15, 0.2) is 24.3 Å². The normalized spacial score (nSPS) is 18.4. The van der Waals surface area contributed by atoms with E-state index >= 15 is 0 Å². The van der Waals surface area contributed by atoms with Gasteiger partial charge in [0.05, 0.1) is 5.56 Å². The van der Waals surface area contributed by atoms with Gasteiger partial charge in [-0.1, -0.05) is 18.2 Å². The van der Waals surface area contributed by atoms with Gasteiger partial charge in [0.15, 0.2) is 0 Å². The van der Waals surface area contributed by atoms with E-state index in [0.717, 1.165) is 6.07 Å². The van der Waals surface area contributed by atoms with E-state index in [9.17, 15) is 22.8 Å². The maximum atomic E-state index is 13.0. The lowest BCUT2D eigenvalue weighted by Gasteiger charge is -2.22. The highest BCUT2D eigenvalue weighted by Gasteiger charge is 2.37. The van der Waals surface area contributed by atoms with E-state index in [1.165, 1.54) is 23.1 Å². The summed E-state index contributed by atoms with van der Waals surface area (Å²) in [5, 5.41) is 2.47. The first-order valence-electron chi connectivity index (χ1n) is 7.91. The number of hydrogen-bond donors (Lipinski definition) is 1. The monoisotopic (exact) mass is 358 g/mol. The molecule has 1 N–H and O–H groups in total. The van der Waals surface area contributed by atoms with Crippen LogP contribution in [0.25, 0.3) is 0 Å². The van der Waals surface area contributed by atoms with E-state index < -0.39 is 35.4 Å². The van der Waals surface area contributed by atoms with Gasteiger partial charge in [-0.2, -0.15) is 13.2 Å². The Bertz CT molecular complexity index is 653. The molecule has 0 saturated carbocycles. The minimum Gasteiger partial charge on any atom is -0.444 e. The number of halogens is 3. The standard InChI is InChI=1S/C17H21F3N2O3/c1-16(2,3)25-15(24)21-13-8-9-22(14(13)23)10-11-6-4-5-7-12(11)17(18,19)20/h4-7,13H,8-10H2,1-3H3,(H,21,24)/t13-/m0/s1. The van der Waals surface area contributed by atoms with Gasteiger partial charge >= 0.3 is 12.3 Å². The van der Waals surface area contributed by atoms with Gasteiger partial charge in [0, 0.05) is 13.1 Å². The minimum atomic E-state index is -4.48. The second-order valence-electron chi connectivity index (χ2n) is 6.90. The molecule has 2 amide bonds. The summed E-state index contributed by atoms with van der Waals surface area (Å²) in [6, 6.07) is 4.37. The third-order valence-electron chi connectivity index (χ3n) is 3.67. The van der Waals surface area contributed by atoms with Crippen molar-refractivity contribution in [3.63, 3.8) is 0 Å². The lowest BCUT2D eigenvalue weighted by molar-refractivity contribution is -0.139. The van der Waals surface area contributed by atoms with Gasteiger partial charge in [0.2, 0.25) is 5.91 Å². The molecule has 138 valence electrons. The van der Waals surface area contributed by atoms with Gasteiger partial charge in [-0.25, -0.2) is 4.79 Å². The molecule has 1 heterocycles. The molecular weight excluding hydrogens is 337 g/mol. The first kappa shape index (κ1) is 19.1. The molecule has 0 aliphatic carbocycles. The minimum absolute atomic E-state index is 0.0290. The number of alkyl halides is 3. The van der Waals surface area contributed by atoms with Crippen LogP contribution < -0.4 is 5.32 Å². The Hall–Kier alpha value is -2.25. The summed E-state index contributed by atoms with van der Waals surface area (Å²) in [5.74, 6) is -0.414. The number of nitrogens with one attached hydrogen (secondary N) is 1. The van der Waals surface area contributed by atoms with Crippen LogP contribution in [0.3, 0.4) is 0 Å². The molecular formula is C17H21F3N2O3. The molecule has 8 heteroatoms. The Balaban J connectivity index is 2.03. The number of benzene rings is 1. The number of nitrogens with zero attached hydrogens (tertiary/aromatic N) is 1. The second-order valence-corrected chi connectivity index (χ2v) is 6.90. The van der Waals surface area contributed by atoms with Crippen molar-refractivity contribution in [3.8, 4) is 0 Å². The van der Waals surface area contributed by atoms with Gasteiger partial charge in [-0.3, -0.25) is 4.79 Å². The Morgan fingerprint density at radius 3 is 2.52 bits per heavy atom. The molecule has 1 saturated heterocycles. The topological polar surface area (TPSA) is 58.6 Å². The van der Waals surface area contributed by atoms with Crippen LogP contribution >= 0.6 is 0 Å². The molecule has 1 aromatic carbocycles. The van der Waals surface area contributed by atoms with E-state index in [1.54, 1.807) is 20.8 Å². The summed E-state index contributed by atoms with van der Waals surface area (Å²) in [6.07, 6.45) is -4.87.